The molecule has 1 N–H and O–H groups in total. The zero-order valence-corrected chi connectivity index (χ0v) is 10.7. The van der Waals surface area contributed by atoms with Gasteiger partial charge in [-0.25, -0.2) is 0 Å². The number of hydrogen-bond acceptors (Lipinski definition) is 3. The molecule has 0 saturated carbocycles. The van der Waals surface area contributed by atoms with E-state index < -0.39 is 0 Å². The van der Waals surface area contributed by atoms with Gasteiger partial charge in [0.2, 0.25) is 0 Å². The summed E-state index contributed by atoms with van der Waals surface area (Å²) in [5.74, 6) is 0.747. The molecule has 2 aliphatic rings. The molecule has 0 aromatic carbocycles. The van der Waals surface area contributed by atoms with Gasteiger partial charge >= 0.3 is 0 Å². The first-order chi connectivity index (χ1) is 7.81. The Morgan fingerprint density at radius 3 is 2.88 bits per heavy atom. The van der Waals surface area contributed by atoms with E-state index in [0.717, 1.165) is 31.7 Å². The van der Waals surface area contributed by atoms with Gasteiger partial charge in [-0.15, -0.1) is 0 Å². The first-order valence-electron chi connectivity index (χ1n) is 6.82. The quantitative estimate of drug-likeness (QED) is 0.768. The van der Waals surface area contributed by atoms with Crippen LogP contribution < -0.4 is 5.32 Å². The SMILES string of the molecule is CCC(NCC1CCCN1C)C1CCOC1. The predicted molar refractivity (Wildman–Crippen MR) is 66.7 cm³/mol. The number of likely N-dealkylation sites (tertiary alicyclic amines) is 1. The molecule has 0 spiro atoms. The number of likely N-dealkylation sites (N-methyl/N-ethyl adjacent to an activating group) is 1. The first-order valence-corrected chi connectivity index (χ1v) is 6.82. The number of nitrogens with one attached hydrogen (secondary N) is 1. The third-order valence-electron chi connectivity index (χ3n) is 4.26. The maximum Gasteiger partial charge on any atom is 0.0509 e. The van der Waals surface area contributed by atoms with Crippen LogP contribution in [-0.4, -0.2) is 50.3 Å². The van der Waals surface area contributed by atoms with Crippen LogP contribution in [0, 0.1) is 5.92 Å². The molecule has 2 rings (SSSR count). The van der Waals surface area contributed by atoms with Crippen molar-refractivity contribution in [2.45, 2.75) is 44.7 Å². The standard InChI is InChI=1S/C13H26N2O/c1-3-13(11-6-8-16-10-11)14-9-12-5-4-7-15(12)2/h11-14H,3-10H2,1-2H3. The summed E-state index contributed by atoms with van der Waals surface area (Å²) < 4.78 is 5.48. The molecule has 3 atom stereocenters. The van der Waals surface area contributed by atoms with E-state index in [-0.39, 0.29) is 0 Å². The van der Waals surface area contributed by atoms with E-state index in [0.29, 0.717) is 6.04 Å². The Balaban J connectivity index is 1.73. The molecular weight excluding hydrogens is 200 g/mol. The highest BCUT2D eigenvalue weighted by atomic mass is 16.5. The van der Waals surface area contributed by atoms with Gasteiger partial charge in [-0.05, 0) is 45.2 Å². The van der Waals surface area contributed by atoms with E-state index >= 15 is 0 Å². The van der Waals surface area contributed by atoms with Gasteiger partial charge in [0.05, 0.1) is 6.61 Å². The molecule has 2 heterocycles. The minimum Gasteiger partial charge on any atom is -0.381 e. The lowest BCUT2D eigenvalue weighted by Gasteiger charge is -2.26. The first kappa shape index (κ1) is 12.3. The van der Waals surface area contributed by atoms with E-state index in [4.69, 9.17) is 4.74 Å². The fourth-order valence-electron chi connectivity index (χ4n) is 3.04. The average molecular weight is 226 g/mol. The van der Waals surface area contributed by atoms with Crippen LogP contribution in [0.2, 0.25) is 0 Å². The number of nitrogens with zero attached hydrogens (tertiary/aromatic N) is 1. The Kier molecular flexibility index (Phi) is 4.62. The van der Waals surface area contributed by atoms with Gasteiger partial charge in [0, 0.05) is 25.2 Å². The second-order valence-corrected chi connectivity index (χ2v) is 5.32. The zero-order valence-electron chi connectivity index (χ0n) is 10.7. The summed E-state index contributed by atoms with van der Waals surface area (Å²) >= 11 is 0. The number of rotatable bonds is 5. The van der Waals surface area contributed by atoms with E-state index in [1.807, 2.05) is 0 Å². The highest BCUT2D eigenvalue weighted by molar-refractivity contribution is 4.83. The average Bonchev–Trinajstić information content (AvgIpc) is 2.92. The molecule has 0 aliphatic carbocycles. The van der Waals surface area contributed by atoms with Crippen molar-refractivity contribution in [2.75, 3.05) is 33.4 Å². The van der Waals surface area contributed by atoms with Crippen molar-refractivity contribution >= 4 is 0 Å². The van der Waals surface area contributed by atoms with Crippen molar-refractivity contribution in [3.05, 3.63) is 0 Å². The van der Waals surface area contributed by atoms with Gasteiger partial charge < -0.3 is 15.0 Å². The third-order valence-corrected chi connectivity index (χ3v) is 4.26. The largest absolute Gasteiger partial charge is 0.381 e. The van der Waals surface area contributed by atoms with Crippen molar-refractivity contribution in [3.63, 3.8) is 0 Å². The molecule has 0 radical (unpaired) electrons. The molecule has 3 nitrogen and oxygen atoms in total. The number of ether oxygens (including phenoxy) is 1. The van der Waals surface area contributed by atoms with Crippen molar-refractivity contribution < 1.29 is 4.74 Å². The Hall–Kier alpha value is -0.120. The monoisotopic (exact) mass is 226 g/mol. The molecule has 2 saturated heterocycles. The minimum absolute atomic E-state index is 0.663. The maximum atomic E-state index is 5.48. The van der Waals surface area contributed by atoms with Crippen LogP contribution in [0.1, 0.15) is 32.6 Å². The molecule has 0 bridgehead atoms. The molecule has 3 unspecified atom stereocenters. The van der Waals surface area contributed by atoms with Gasteiger partial charge in [0.1, 0.15) is 0 Å². The molecule has 3 heteroatoms. The van der Waals surface area contributed by atoms with Crippen LogP contribution in [0.4, 0.5) is 0 Å². The topological polar surface area (TPSA) is 24.5 Å². The van der Waals surface area contributed by atoms with E-state index in [2.05, 4.69) is 24.2 Å². The fourth-order valence-corrected chi connectivity index (χ4v) is 3.04. The summed E-state index contributed by atoms with van der Waals surface area (Å²) in [5.41, 5.74) is 0. The number of hydrogen-bond donors (Lipinski definition) is 1. The van der Waals surface area contributed by atoms with Gasteiger partial charge in [-0.2, -0.15) is 0 Å². The van der Waals surface area contributed by atoms with Crippen molar-refractivity contribution in [1.29, 1.82) is 0 Å². The third kappa shape index (κ3) is 2.96. The molecule has 0 amide bonds. The second kappa shape index (κ2) is 5.99. The molecule has 16 heavy (non-hydrogen) atoms. The van der Waals surface area contributed by atoms with Gasteiger partial charge in [-0.1, -0.05) is 6.92 Å². The summed E-state index contributed by atoms with van der Waals surface area (Å²) in [5, 5.41) is 3.76. The van der Waals surface area contributed by atoms with E-state index in [1.54, 1.807) is 0 Å². The second-order valence-electron chi connectivity index (χ2n) is 5.32. The highest BCUT2D eigenvalue weighted by Crippen LogP contribution is 2.20. The van der Waals surface area contributed by atoms with E-state index in [9.17, 15) is 0 Å². The lowest BCUT2D eigenvalue weighted by atomic mass is 9.96. The summed E-state index contributed by atoms with van der Waals surface area (Å²) in [4.78, 5) is 2.49. The maximum absolute atomic E-state index is 5.48. The van der Waals surface area contributed by atoms with Crippen LogP contribution >= 0.6 is 0 Å². The zero-order chi connectivity index (χ0) is 11.4. The summed E-state index contributed by atoms with van der Waals surface area (Å²) in [7, 11) is 2.25. The Bertz CT molecular complexity index is 204. The van der Waals surface area contributed by atoms with Crippen molar-refractivity contribution in [3.8, 4) is 0 Å². The smallest absolute Gasteiger partial charge is 0.0509 e. The predicted octanol–water partition coefficient (Wildman–Crippen LogP) is 1.49. The van der Waals surface area contributed by atoms with Crippen LogP contribution in [0.5, 0.6) is 0 Å². The van der Waals surface area contributed by atoms with Crippen molar-refractivity contribution in [1.82, 2.24) is 10.2 Å². The lowest BCUT2D eigenvalue weighted by Crippen LogP contribution is -2.43. The molecular formula is C13H26N2O. The molecule has 94 valence electrons. The fraction of sp³-hybridized carbons (Fsp3) is 1.00. The minimum atomic E-state index is 0.663. The van der Waals surface area contributed by atoms with Crippen LogP contribution in [0.3, 0.4) is 0 Å². The van der Waals surface area contributed by atoms with E-state index in [1.165, 1.54) is 32.2 Å². The van der Waals surface area contributed by atoms with Crippen LogP contribution in [0.25, 0.3) is 0 Å². The Labute approximate surface area is 99.5 Å². The lowest BCUT2D eigenvalue weighted by molar-refractivity contribution is 0.173. The summed E-state index contributed by atoms with van der Waals surface area (Å²) in [6.07, 6.45) is 5.20. The van der Waals surface area contributed by atoms with Gasteiger partial charge in [0.15, 0.2) is 0 Å². The Morgan fingerprint density at radius 2 is 2.31 bits per heavy atom. The van der Waals surface area contributed by atoms with Gasteiger partial charge in [-0.3, -0.25) is 0 Å². The molecule has 2 fully saturated rings. The van der Waals surface area contributed by atoms with Crippen LogP contribution in [0.15, 0.2) is 0 Å². The Morgan fingerprint density at radius 1 is 1.44 bits per heavy atom. The molecule has 2 aliphatic heterocycles. The van der Waals surface area contributed by atoms with Gasteiger partial charge in [0.25, 0.3) is 0 Å². The summed E-state index contributed by atoms with van der Waals surface area (Å²) in [6, 6.07) is 1.42. The van der Waals surface area contributed by atoms with Crippen molar-refractivity contribution in [2.24, 2.45) is 5.92 Å². The normalized spacial score (nSPS) is 33.4. The highest BCUT2D eigenvalue weighted by Gasteiger charge is 2.26. The molecule has 0 aromatic heterocycles. The van der Waals surface area contributed by atoms with Crippen LogP contribution in [-0.2, 0) is 4.74 Å². The molecule has 0 aromatic rings. The summed E-state index contributed by atoms with van der Waals surface area (Å²) in [6.45, 7) is 6.65.